The zero-order valence-electron chi connectivity index (χ0n) is 10.1. The minimum Gasteiger partial charge on any atom is -0.478 e. The molecule has 0 bridgehead atoms. The number of halogens is 2. The van der Waals surface area contributed by atoms with Crippen molar-refractivity contribution in [1.29, 1.82) is 0 Å². The van der Waals surface area contributed by atoms with Gasteiger partial charge in [-0.3, -0.25) is 4.68 Å². The predicted molar refractivity (Wildman–Crippen MR) is 65.4 cm³/mol. The highest BCUT2D eigenvalue weighted by Crippen LogP contribution is 2.33. The molecule has 0 aliphatic rings. The fourth-order valence-corrected chi connectivity index (χ4v) is 2.72. The van der Waals surface area contributed by atoms with Gasteiger partial charge in [-0.1, -0.05) is 11.8 Å². The molecule has 19 heavy (non-hydrogen) atoms. The van der Waals surface area contributed by atoms with Crippen LogP contribution in [0.1, 0.15) is 16.1 Å². The molecule has 1 heterocycles. The first-order chi connectivity index (χ1) is 8.90. The van der Waals surface area contributed by atoms with Gasteiger partial charge >= 0.3 is 5.97 Å². The zero-order valence-corrected chi connectivity index (χ0v) is 11.0. The lowest BCUT2D eigenvalue weighted by Crippen LogP contribution is -2.00. The van der Waals surface area contributed by atoms with E-state index in [1.165, 1.54) is 4.68 Å². The summed E-state index contributed by atoms with van der Waals surface area (Å²) in [6, 6.07) is 3.03. The van der Waals surface area contributed by atoms with Crippen LogP contribution in [0.2, 0.25) is 0 Å². The first kappa shape index (κ1) is 13.5. The quantitative estimate of drug-likeness (QED) is 0.941. The lowest BCUT2D eigenvalue weighted by atomic mass is 10.3. The van der Waals surface area contributed by atoms with Gasteiger partial charge in [0, 0.05) is 7.05 Å². The number of carboxylic acid groups (broad SMARTS) is 1. The van der Waals surface area contributed by atoms with Crippen molar-refractivity contribution in [2.24, 2.45) is 7.05 Å². The summed E-state index contributed by atoms with van der Waals surface area (Å²) in [5.74, 6) is -2.34. The topological polar surface area (TPSA) is 55.1 Å². The fourth-order valence-electron chi connectivity index (χ4n) is 1.66. The molecule has 0 saturated carbocycles. The number of carboxylic acids is 1. The second-order valence-corrected chi connectivity index (χ2v) is 4.90. The molecular formula is C12H10F2N2O2S. The Morgan fingerprint density at radius 2 is 2.11 bits per heavy atom. The van der Waals surface area contributed by atoms with E-state index in [-0.39, 0.29) is 15.5 Å². The van der Waals surface area contributed by atoms with Crippen molar-refractivity contribution < 1.29 is 18.7 Å². The predicted octanol–water partition coefficient (Wildman–Crippen LogP) is 2.86. The van der Waals surface area contributed by atoms with Gasteiger partial charge in [-0.2, -0.15) is 5.10 Å². The molecule has 2 rings (SSSR count). The summed E-state index contributed by atoms with van der Waals surface area (Å²) in [4.78, 5) is 11.2. The van der Waals surface area contributed by atoms with Gasteiger partial charge in [0.2, 0.25) is 0 Å². The lowest BCUT2D eigenvalue weighted by Gasteiger charge is -2.05. The second-order valence-electron chi connectivity index (χ2n) is 3.87. The van der Waals surface area contributed by atoms with Crippen LogP contribution in [0.3, 0.4) is 0 Å². The summed E-state index contributed by atoms with van der Waals surface area (Å²) < 4.78 is 28.0. The summed E-state index contributed by atoms with van der Waals surface area (Å²) in [7, 11) is 1.55. The maximum atomic E-state index is 13.6. The van der Waals surface area contributed by atoms with Gasteiger partial charge in [0.25, 0.3) is 0 Å². The minimum absolute atomic E-state index is 0.00355. The van der Waals surface area contributed by atoms with Crippen molar-refractivity contribution in [2.45, 2.75) is 16.8 Å². The van der Waals surface area contributed by atoms with Crippen LogP contribution in [0.4, 0.5) is 8.78 Å². The molecule has 4 nitrogen and oxygen atoms in total. The van der Waals surface area contributed by atoms with Gasteiger partial charge < -0.3 is 5.11 Å². The third kappa shape index (κ3) is 2.60. The standard InChI is InChI=1S/C12H10F2N2O2S/c1-6-10(12(17)18)11(16(2)15-6)19-9-5-7(13)3-4-8(9)14/h3-5H,1-2H3,(H,17,18). The minimum atomic E-state index is -1.15. The van der Waals surface area contributed by atoms with E-state index in [9.17, 15) is 13.6 Å². The summed E-state index contributed by atoms with van der Waals surface area (Å²) in [6.07, 6.45) is 0. The highest BCUT2D eigenvalue weighted by atomic mass is 32.2. The van der Waals surface area contributed by atoms with Gasteiger partial charge in [-0.05, 0) is 25.1 Å². The van der Waals surface area contributed by atoms with Crippen LogP contribution in [-0.2, 0) is 7.05 Å². The Hall–Kier alpha value is -1.89. The second kappa shape index (κ2) is 5.00. The summed E-state index contributed by atoms with van der Waals surface area (Å²) >= 11 is 0.835. The Labute approximate surface area is 112 Å². The molecule has 0 unspecified atom stereocenters. The molecular weight excluding hydrogens is 274 g/mol. The Balaban J connectivity index is 2.49. The van der Waals surface area contributed by atoms with Gasteiger partial charge in [-0.25, -0.2) is 13.6 Å². The average molecular weight is 284 g/mol. The van der Waals surface area contributed by atoms with Gasteiger partial charge in [0.1, 0.15) is 22.2 Å². The molecule has 0 spiro atoms. The molecule has 0 aliphatic carbocycles. The SMILES string of the molecule is Cc1nn(C)c(Sc2cc(F)ccc2F)c1C(=O)O. The fraction of sp³-hybridized carbons (Fsp3) is 0.167. The van der Waals surface area contributed by atoms with E-state index in [0.29, 0.717) is 5.69 Å². The number of benzene rings is 1. The highest BCUT2D eigenvalue weighted by Gasteiger charge is 2.21. The van der Waals surface area contributed by atoms with Crippen LogP contribution >= 0.6 is 11.8 Å². The molecule has 7 heteroatoms. The maximum Gasteiger partial charge on any atom is 0.340 e. The monoisotopic (exact) mass is 284 g/mol. The lowest BCUT2D eigenvalue weighted by molar-refractivity contribution is 0.0692. The molecule has 0 radical (unpaired) electrons. The van der Waals surface area contributed by atoms with E-state index >= 15 is 0 Å². The number of aryl methyl sites for hydroxylation is 2. The molecule has 1 N–H and O–H groups in total. The molecule has 2 aromatic rings. The first-order valence-electron chi connectivity index (χ1n) is 5.30. The Morgan fingerprint density at radius 3 is 2.74 bits per heavy atom. The van der Waals surface area contributed by atoms with Crippen LogP contribution in [0, 0.1) is 18.6 Å². The molecule has 0 saturated heterocycles. The van der Waals surface area contributed by atoms with E-state index < -0.39 is 17.6 Å². The number of hydrogen-bond donors (Lipinski definition) is 1. The van der Waals surface area contributed by atoms with E-state index in [0.717, 1.165) is 30.0 Å². The molecule has 1 aromatic heterocycles. The molecule has 0 fully saturated rings. The van der Waals surface area contributed by atoms with E-state index in [2.05, 4.69) is 5.10 Å². The van der Waals surface area contributed by atoms with Crippen LogP contribution < -0.4 is 0 Å². The number of carbonyl (C=O) groups is 1. The summed E-state index contributed by atoms with van der Waals surface area (Å²) in [5, 5.41) is 13.4. The zero-order chi connectivity index (χ0) is 14.2. The average Bonchev–Trinajstić information content (AvgIpc) is 2.59. The highest BCUT2D eigenvalue weighted by molar-refractivity contribution is 7.99. The van der Waals surface area contributed by atoms with Gasteiger partial charge in [-0.15, -0.1) is 0 Å². The summed E-state index contributed by atoms with van der Waals surface area (Å²) in [6.45, 7) is 1.55. The van der Waals surface area contributed by atoms with Crippen molar-refractivity contribution in [2.75, 3.05) is 0 Å². The van der Waals surface area contributed by atoms with E-state index in [4.69, 9.17) is 5.11 Å². The number of rotatable bonds is 3. The van der Waals surface area contributed by atoms with Crippen molar-refractivity contribution in [3.63, 3.8) is 0 Å². The van der Waals surface area contributed by atoms with Crippen molar-refractivity contribution in [3.8, 4) is 0 Å². The number of hydrogen-bond acceptors (Lipinski definition) is 3. The summed E-state index contributed by atoms with van der Waals surface area (Å²) in [5.41, 5.74) is 0.325. The molecule has 1 aromatic carbocycles. The maximum absolute atomic E-state index is 13.6. The molecule has 0 atom stereocenters. The first-order valence-corrected chi connectivity index (χ1v) is 6.11. The Kier molecular flexibility index (Phi) is 3.57. The van der Waals surface area contributed by atoms with Crippen molar-refractivity contribution in [1.82, 2.24) is 9.78 Å². The van der Waals surface area contributed by atoms with E-state index in [1.807, 2.05) is 0 Å². The number of aromatic carboxylic acids is 1. The van der Waals surface area contributed by atoms with Crippen LogP contribution in [-0.4, -0.2) is 20.9 Å². The smallest absolute Gasteiger partial charge is 0.340 e. The Bertz CT molecular complexity index is 655. The van der Waals surface area contributed by atoms with Crippen LogP contribution in [0.25, 0.3) is 0 Å². The Morgan fingerprint density at radius 1 is 1.42 bits per heavy atom. The van der Waals surface area contributed by atoms with Gasteiger partial charge in [0.15, 0.2) is 0 Å². The van der Waals surface area contributed by atoms with Crippen molar-refractivity contribution in [3.05, 3.63) is 41.1 Å². The van der Waals surface area contributed by atoms with Crippen LogP contribution in [0.15, 0.2) is 28.1 Å². The largest absolute Gasteiger partial charge is 0.478 e. The molecule has 0 aliphatic heterocycles. The third-order valence-electron chi connectivity index (χ3n) is 2.48. The van der Waals surface area contributed by atoms with Gasteiger partial charge in [0.05, 0.1) is 10.6 Å². The molecule has 100 valence electrons. The third-order valence-corrected chi connectivity index (χ3v) is 3.68. The normalized spacial score (nSPS) is 10.7. The van der Waals surface area contributed by atoms with E-state index in [1.54, 1.807) is 14.0 Å². The number of nitrogens with zero attached hydrogens (tertiary/aromatic N) is 2. The van der Waals surface area contributed by atoms with Crippen molar-refractivity contribution >= 4 is 17.7 Å². The van der Waals surface area contributed by atoms with Crippen LogP contribution in [0.5, 0.6) is 0 Å². The molecule has 0 amide bonds. The number of aromatic nitrogens is 2.